The molecule has 19 heavy (non-hydrogen) atoms. The number of hydrogen-bond acceptors (Lipinski definition) is 2. The zero-order chi connectivity index (χ0) is 13.8. The molecule has 0 aliphatic rings. The van der Waals surface area contributed by atoms with Gasteiger partial charge in [0.2, 0.25) is 0 Å². The maximum absolute atomic E-state index is 6.29. The van der Waals surface area contributed by atoms with Crippen LogP contribution >= 0.6 is 11.8 Å². The van der Waals surface area contributed by atoms with E-state index in [1.165, 1.54) is 27.1 Å². The molecule has 0 heterocycles. The maximum Gasteiger partial charge on any atom is 0.0392 e. The van der Waals surface area contributed by atoms with E-state index in [9.17, 15) is 0 Å². The Bertz CT molecular complexity index is 563. The van der Waals surface area contributed by atoms with Gasteiger partial charge in [0, 0.05) is 16.7 Å². The molecule has 2 N–H and O–H groups in total. The molecule has 0 fully saturated rings. The Kier molecular flexibility index (Phi) is 4.67. The summed E-state index contributed by atoms with van der Waals surface area (Å²) in [6, 6.07) is 15.0. The van der Waals surface area contributed by atoms with E-state index < -0.39 is 0 Å². The van der Waals surface area contributed by atoms with Crippen LogP contribution in [0, 0.1) is 20.8 Å². The van der Waals surface area contributed by atoms with Gasteiger partial charge in [-0.15, -0.1) is 11.8 Å². The zero-order valence-corrected chi connectivity index (χ0v) is 12.6. The molecule has 0 saturated heterocycles. The van der Waals surface area contributed by atoms with Gasteiger partial charge >= 0.3 is 0 Å². The number of aryl methyl sites for hydroxylation is 3. The van der Waals surface area contributed by atoms with Gasteiger partial charge in [0.25, 0.3) is 0 Å². The van der Waals surface area contributed by atoms with E-state index in [0.717, 1.165) is 5.75 Å². The molecule has 0 aliphatic heterocycles. The first-order valence-corrected chi connectivity index (χ1v) is 7.57. The second-order valence-corrected chi connectivity index (χ2v) is 6.11. The zero-order valence-electron chi connectivity index (χ0n) is 11.8. The molecule has 0 radical (unpaired) electrons. The van der Waals surface area contributed by atoms with Crippen molar-refractivity contribution in [3.63, 3.8) is 0 Å². The average Bonchev–Trinajstić information content (AvgIpc) is 2.40. The van der Waals surface area contributed by atoms with Crippen molar-refractivity contribution in [2.75, 3.05) is 5.75 Å². The Morgan fingerprint density at radius 1 is 0.947 bits per heavy atom. The molecule has 0 aromatic heterocycles. The SMILES string of the molecule is Cc1ccc(SCC(N)c2ccccc2C)cc1C. The molecule has 100 valence electrons. The first-order valence-electron chi connectivity index (χ1n) is 6.59. The van der Waals surface area contributed by atoms with Crippen molar-refractivity contribution in [3.05, 3.63) is 64.7 Å². The van der Waals surface area contributed by atoms with Crippen LogP contribution in [0.4, 0.5) is 0 Å². The van der Waals surface area contributed by atoms with E-state index in [-0.39, 0.29) is 6.04 Å². The largest absolute Gasteiger partial charge is 0.323 e. The number of thioether (sulfide) groups is 1. The lowest BCUT2D eigenvalue weighted by atomic mass is 10.0. The van der Waals surface area contributed by atoms with Crippen LogP contribution in [-0.4, -0.2) is 5.75 Å². The van der Waals surface area contributed by atoms with Gasteiger partial charge in [-0.1, -0.05) is 30.3 Å². The van der Waals surface area contributed by atoms with E-state index in [0.29, 0.717) is 0 Å². The second kappa shape index (κ2) is 6.27. The fourth-order valence-electron chi connectivity index (χ4n) is 2.08. The minimum Gasteiger partial charge on any atom is -0.323 e. The lowest BCUT2D eigenvalue weighted by Crippen LogP contribution is -2.14. The van der Waals surface area contributed by atoms with E-state index in [4.69, 9.17) is 5.73 Å². The van der Waals surface area contributed by atoms with Crippen molar-refractivity contribution >= 4 is 11.8 Å². The highest BCUT2D eigenvalue weighted by Gasteiger charge is 2.09. The lowest BCUT2D eigenvalue weighted by molar-refractivity contribution is 0.822. The molecule has 2 aromatic rings. The number of benzene rings is 2. The van der Waals surface area contributed by atoms with E-state index in [1.807, 2.05) is 11.8 Å². The van der Waals surface area contributed by atoms with Crippen LogP contribution in [0.1, 0.15) is 28.3 Å². The Morgan fingerprint density at radius 2 is 1.68 bits per heavy atom. The van der Waals surface area contributed by atoms with Crippen LogP contribution in [-0.2, 0) is 0 Å². The Hall–Kier alpha value is -1.25. The van der Waals surface area contributed by atoms with Crippen molar-refractivity contribution in [1.29, 1.82) is 0 Å². The minimum atomic E-state index is 0.0906. The molecule has 2 heteroatoms. The van der Waals surface area contributed by atoms with Crippen LogP contribution in [0.2, 0.25) is 0 Å². The third kappa shape index (κ3) is 3.62. The highest BCUT2D eigenvalue weighted by atomic mass is 32.2. The van der Waals surface area contributed by atoms with Gasteiger partial charge in [0.1, 0.15) is 0 Å². The summed E-state index contributed by atoms with van der Waals surface area (Å²) in [6.45, 7) is 6.42. The lowest BCUT2D eigenvalue weighted by Gasteiger charge is -2.14. The van der Waals surface area contributed by atoms with Gasteiger partial charge in [-0.3, -0.25) is 0 Å². The Labute approximate surface area is 120 Å². The first-order chi connectivity index (χ1) is 9.08. The van der Waals surface area contributed by atoms with Gasteiger partial charge in [-0.05, 0) is 55.2 Å². The minimum absolute atomic E-state index is 0.0906. The standard InChI is InChI=1S/C17H21NS/c1-12-8-9-15(10-14(12)3)19-11-17(18)16-7-5-4-6-13(16)2/h4-10,17H,11,18H2,1-3H3. The summed E-state index contributed by atoms with van der Waals surface area (Å²) in [5.41, 5.74) is 11.5. The monoisotopic (exact) mass is 271 g/mol. The van der Waals surface area contributed by atoms with Crippen LogP contribution < -0.4 is 5.73 Å². The molecule has 0 saturated carbocycles. The van der Waals surface area contributed by atoms with Crippen LogP contribution in [0.5, 0.6) is 0 Å². The molecule has 0 spiro atoms. The van der Waals surface area contributed by atoms with Crippen molar-refractivity contribution in [2.24, 2.45) is 5.73 Å². The number of hydrogen-bond donors (Lipinski definition) is 1. The van der Waals surface area contributed by atoms with Crippen molar-refractivity contribution < 1.29 is 0 Å². The summed E-state index contributed by atoms with van der Waals surface area (Å²) < 4.78 is 0. The summed E-state index contributed by atoms with van der Waals surface area (Å²) in [4.78, 5) is 1.30. The highest BCUT2D eigenvalue weighted by molar-refractivity contribution is 7.99. The van der Waals surface area contributed by atoms with Gasteiger partial charge in [-0.2, -0.15) is 0 Å². The Morgan fingerprint density at radius 3 is 2.37 bits per heavy atom. The van der Waals surface area contributed by atoms with Gasteiger partial charge in [-0.25, -0.2) is 0 Å². The second-order valence-electron chi connectivity index (χ2n) is 5.02. The Balaban J connectivity index is 2.02. The van der Waals surface area contributed by atoms with Gasteiger partial charge in [0.15, 0.2) is 0 Å². The van der Waals surface area contributed by atoms with E-state index in [2.05, 4.69) is 63.2 Å². The third-order valence-electron chi connectivity index (χ3n) is 3.50. The predicted octanol–water partition coefficient (Wildman–Crippen LogP) is 4.40. The fourth-order valence-corrected chi connectivity index (χ4v) is 3.06. The summed E-state index contributed by atoms with van der Waals surface area (Å²) in [5, 5.41) is 0. The topological polar surface area (TPSA) is 26.0 Å². The van der Waals surface area contributed by atoms with E-state index >= 15 is 0 Å². The third-order valence-corrected chi connectivity index (χ3v) is 4.61. The molecule has 0 bridgehead atoms. The normalized spacial score (nSPS) is 12.4. The molecule has 1 unspecified atom stereocenters. The average molecular weight is 271 g/mol. The molecule has 0 amide bonds. The number of nitrogens with two attached hydrogens (primary N) is 1. The van der Waals surface area contributed by atoms with E-state index in [1.54, 1.807) is 0 Å². The highest BCUT2D eigenvalue weighted by Crippen LogP contribution is 2.26. The molecule has 2 rings (SSSR count). The molecule has 1 nitrogen and oxygen atoms in total. The molecule has 2 aromatic carbocycles. The first kappa shape index (κ1) is 14.2. The van der Waals surface area contributed by atoms with Gasteiger partial charge in [0.05, 0.1) is 0 Å². The predicted molar refractivity (Wildman–Crippen MR) is 84.7 cm³/mol. The van der Waals surface area contributed by atoms with Gasteiger partial charge < -0.3 is 5.73 Å². The summed E-state index contributed by atoms with van der Waals surface area (Å²) in [5.74, 6) is 0.910. The summed E-state index contributed by atoms with van der Waals surface area (Å²) >= 11 is 1.83. The van der Waals surface area contributed by atoms with Crippen LogP contribution in [0.15, 0.2) is 47.4 Å². The summed E-state index contributed by atoms with van der Waals surface area (Å²) in [6.07, 6.45) is 0. The smallest absolute Gasteiger partial charge is 0.0392 e. The molecular weight excluding hydrogens is 250 g/mol. The van der Waals surface area contributed by atoms with Crippen molar-refractivity contribution in [1.82, 2.24) is 0 Å². The van der Waals surface area contributed by atoms with Crippen molar-refractivity contribution in [3.8, 4) is 0 Å². The fraction of sp³-hybridized carbons (Fsp3) is 0.294. The quantitative estimate of drug-likeness (QED) is 0.834. The number of rotatable bonds is 4. The maximum atomic E-state index is 6.29. The van der Waals surface area contributed by atoms with Crippen LogP contribution in [0.25, 0.3) is 0 Å². The molecule has 0 aliphatic carbocycles. The molecular formula is C17H21NS. The summed E-state index contributed by atoms with van der Waals surface area (Å²) in [7, 11) is 0. The molecule has 1 atom stereocenters. The van der Waals surface area contributed by atoms with Crippen LogP contribution in [0.3, 0.4) is 0 Å². The van der Waals surface area contributed by atoms with Crippen molar-refractivity contribution in [2.45, 2.75) is 31.7 Å².